The normalized spacial score (nSPS) is 54.8. The maximum absolute atomic E-state index is 12.7. The van der Waals surface area contributed by atoms with Gasteiger partial charge in [-0.2, -0.15) is 0 Å². The Balaban J connectivity index is 1.11. The van der Waals surface area contributed by atoms with Crippen molar-refractivity contribution in [2.45, 2.75) is 121 Å². The van der Waals surface area contributed by atoms with Crippen LogP contribution in [0.25, 0.3) is 0 Å². The average molecular weight is 621 g/mol. The Morgan fingerprint density at radius 3 is 2.63 bits per heavy atom. The third-order valence-electron chi connectivity index (χ3n) is 14.7. The number of carbonyl (C=O) groups is 1. The van der Waals surface area contributed by atoms with Crippen LogP contribution in [-0.2, 0) is 19.0 Å². The minimum Gasteiger partial charge on any atom is -0.389 e. The third kappa shape index (κ3) is 4.14. The Bertz CT molecular complexity index is 1100. The fourth-order valence-electron chi connectivity index (χ4n) is 13.1. The summed E-state index contributed by atoms with van der Waals surface area (Å²) in [5.41, 5.74) is 0.767. The molecule has 3 aliphatic carbocycles. The van der Waals surface area contributed by atoms with Crippen molar-refractivity contribution in [2.24, 2.45) is 45.8 Å². The zero-order valence-corrected chi connectivity index (χ0v) is 29.0. The van der Waals surface area contributed by atoms with E-state index in [0.29, 0.717) is 64.7 Å². The summed E-state index contributed by atoms with van der Waals surface area (Å²) in [6, 6.07) is 0. The second kappa shape index (κ2) is 10.6. The summed E-state index contributed by atoms with van der Waals surface area (Å²) in [4.78, 5) is 14.7. The zero-order valence-electron chi connectivity index (χ0n) is 28.1. The topological polar surface area (TPSA) is 80.3 Å². The van der Waals surface area contributed by atoms with Gasteiger partial charge in [0, 0.05) is 29.5 Å². The number of nitrogens with one attached hydrogen (secondary N) is 1. The number of carbonyl (C=O) groups excluding carboxylic acids is 1. The van der Waals surface area contributed by atoms with E-state index in [4.69, 9.17) is 14.2 Å². The first-order valence-electron chi connectivity index (χ1n) is 17.6. The zero-order chi connectivity index (χ0) is 30.7. The van der Waals surface area contributed by atoms with Crippen molar-refractivity contribution in [2.75, 3.05) is 45.3 Å². The molecule has 8 heteroatoms. The largest absolute Gasteiger partial charge is 0.389 e. The highest BCUT2D eigenvalue weighted by molar-refractivity contribution is 8.34. The fourth-order valence-corrected chi connectivity index (χ4v) is 18.7. The molecular formula is C35H60N2O5S. The van der Waals surface area contributed by atoms with Gasteiger partial charge in [-0.1, -0.05) is 41.5 Å². The van der Waals surface area contributed by atoms with E-state index in [1.165, 1.54) is 31.4 Å². The van der Waals surface area contributed by atoms with Crippen LogP contribution < -0.4 is 5.32 Å². The van der Waals surface area contributed by atoms with Crippen LogP contribution in [0.4, 0.5) is 0 Å². The van der Waals surface area contributed by atoms with Crippen LogP contribution in [0.5, 0.6) is 0 Å². The minimum absolute atomic E-state index is 0.00136. The number of aliphatic hydroxyl groups excluding tert-OH is 1. The van der Waals surface area contributed by atoms with Crippen molar-refractivity contribution < 1.29 is 24.1 Å². The molecule has 0 radical (unpaired) electrons. The summed E-state index contributed by atoms with van der Waals surface area (Å²) in [6.07, 6.45) is 9.57. The van der Waals surface area contributed by atoms with Gasteiger partial charge in [-0.25, -0.2) is 10.0 Å². The summed E-state index contributed by atoms with van der Waals surface area (Å²) in [6.45, 7) is 16.6. The number of ether oxygens (including phenoxy) is 3. The maximum Gasteiger partial charge on any atom is 0.225 e. The molecule has 7 rings (SSSR count). The molecule has 4 saturated heterocycles. The molecule has 0 aromatic rings. The van der Waals surface area contributed by atoms with E-state index < -0.39 is 10.0 Å². The highest BCUT2D eigenvalue weighted by atomic mass is 32.3. The van der Waals surface area contributed by atoms with Gasteiger partial charge in [0.15, 0.2) is 6.29 Å². The lowest BCUT2D eigenvalue weighted by atomic mass is 9.51. The molecule has 7 aliphatic rings. The van der Waals surface area contributed by atoms with Crippen molar-refractivity contribution in [3.05, 3.63) is 0 Å². The molecular weight excluding hydrogens is 560 g/mol. The molecule has 0 aromatic heterocycles. The number of nitrogens with zero attached hydrogens (tertiary/aromatic N) is 1. The number of morpholine rings is 1. The number of hydrogen-bond acceptors (Lipinski definition) is 6. The number of aliphatic hydroxyl groups is 1. The second-order valence-electron chi connectivity index (χ2n) is 16.9. The number of likely N-dealkylation sites (N-methyl/N-ethyl adjacent to an activating group) is 1. The molecule has 0 aromatic carbocycles. The highest BCUT2D eigenvalue weighted by Crippen LogP contribution is 2.90. The third-order valence-corrected chi connectivity index (χ3v) is 19.6. The molecule has 3 saturated carbocycles. The Kier molecular flexibility index (Phi) is 7.67. The van der Waals surface area contributed by atoms with Gasteiger partial charge >= 0.3 is 0 Å². The Morgan fingerprint density at radius 1 is 1.14 bits per heavy atom. The molecule has 2 spiro atoms. The summed E-state index contributed by atoms with van der Waals surface area (Å²) in [7, 11) is 1.04. The molecule has 2 N–H and O–H groups in total. The lowest BCUT2D eigenvalue weighted by Crippen LogP contribution is -2.57. The Morgan fingerprint density at radius 2 is 1.91 bits per heavy atom. The Hall–Kier alpha value is -0.380. The van der Waals surface area contributed by atoms with Crippen molar-refractivity contribution in [1.29, 1.82) is 0 Å². The Labute approximate surface area is 262 Å². The summed E-state index contributed by atoms with van der Waals surface area (Å²) in [5.74, 6) is 4.08. The van der Waals surface area contributed by atoms with Crippen molar-refractivity contribution in [1.82, 2.24) is 10.2 Å². The average Bonchev–Trinajstić information content (AvgIpc) is 3.39. The first kappa shape index (κ1) is 31.2. The van der Waals surface area contributed by atoms with Gasteiger partial charge in [0.2, 0.25) is 5.91 Å². The van der Waals surface area contributed by atoms with Crippen LogP contribution >= 0.6 is 10.0 Å². The van der Waals surface area contributed by atoms with Gasteiger partial charge in [-0.15, -0.1) is 0 Å². The molecule has 0 bridgehead atoms. The first-order chi connectivity index (χ1) is 20.3. The predicted octanol–water partition coefficient (Wildman–Crippen LogP) is 4.64. The van der Waals surface area contributed by atoms with Crippen LogP contribution in [-0.4, -0.2) is 102 Å². The molecule has 1 amide bonds. The fraction of sp³-hybridized carbons (Fsp3) is 0.971. The van der Waals surface area contributed by atoms with Crippen LogP contribution in [0.1, 0.15) is 80.1 Å². The van der Waals surface area contributed by atoms with Gasteiger partial charge in [-0.05, 0) is 97.5 Å². The van der Waals surface area contributed by atoms with Crippen LogP contribution in [0.3, 0.4) is 0 Å². The number of hydrogen-bond donors (Lipinski definition) is 2. The summed E-state index contributed by atoms with van der Waals surface area (Å²) >= 11 is 0. The summed E-state index contributed by atoms with van der Waals surface area (Å²) in [5, 5.41) is 16.5. The molecule has 4 heterocycles. The van der Waals surface area contributed by atoms with E-state index in [1.807, 2.05) is 25.8 Å². The molecule has 4 aliphatic heterocycles. The van der Waals surface area contributed by atoms with E-state index in [-0.39, 0.29) is 47.9 Å². The lowest BCUT2D eigenvalue weighted by Gasteiger charge is -2.61. The van der Waals surface area contributed by atoms with E-state index in [0.717, 1.165) is 19.4 Å². The molecule has 43 heavy (non-hydrogen) atoms. The lowest BCUT2D eigenvalue weighted by molar-refractivity contribution is -0.243. The second-order valence-corrected chi connectivity index (χ2v) is 20.8. The number of fused-ring (bicyclic) bond motifs is 4. The van der Waals surface area contributed by atoms with Gasteiger partial charge < -0.3 is 29.5 Å². The molecule has 7 fully saturated rings. The highest BCUT2D eigenvalue weighted by Gasteiger charge is 2.85. The van der Waals surface area contributed by atoms with E-state index >= 15 is 0 Å². The van der Waals surface area contributed by atoms with Crippen molar-refractivity contribution in [3.8, 4) is 0 Å². The van der Waals surface area contributed by atoms with Gasteiger partial charge in [0.1, 0.15) is 0 Å². The maximum atomic E-state index is 12.7. The van der Waals surface area contributed by atoms with Gasteiger partial charge in [0.25, 0.3) is 0 Å². The predicted molar refractivity (Wildman–Crippen MR) is 172 cm³/mol. The standard InChI is InChI=1S/C35H60N2O5S/c1-20(2)32(39)37-14-15-40-27(19-37)42-26-11-12-35-22(4)34(35)13-16-43(8)30-21(3)17-23(18-36-7)41-29(30)28(38)31(43)24(34)9-10-25(35)33(26,5)6/h20-31,36,38H,9-19H2,1-8H3/t21-,22?,23-,24+,25?,26+,27?,28+,29-,30?,31?,34+,35-/m1/s1. The van der Waals surface area contributed by atoms with Gasteiger partial charge in [-0.3, -0.25) is 4.79 Å². The molecule has 14 atom stereocenters. The van der Waals surface area contributed by atoms with Crippen LogP contribution in [0, 0.1) is 45.8 Å². The SMILES string of the molecule is CNC[C@H]1C[C@@H](C)C2[C@H](O1)[C@H](O)C1[C@@H]3CCC4C(C)(C)[C@@H](OC5CN(C(=O)C(C)C)CCO5)CC[C@@]45C(C)[C@@]35CCS21C. The molecule has 7 nitrogen and oxygen atoms in total. The minimum atomic E-state index is -0.976. The van der Waals surface area contributed by atoms with Crippen molar-refractivity contribution >= 4 is 15.9 Å². The smallest absolute Gasteiger partial charge is 0.225 e. The van der Waals surface area contributed by atoms with Crippen molar-refractivity contribution in [3.63, 3.8) is 0 Å². The van der Waals surface area contributed by atoms with E-state index in [2.05, 4.69) is 39.3 Å². The molecule has 246 valence electrons. The quantitative estimate of drug-likeness (QED) is 0.466. The van der Waals surface area contributed by atoms with E-state index in [9.17, 15) is 9.90 Å². The number of amides is 1. The van der Waals surface area contributed by atoms with E-state index in [1.54, 1.807) is 0 Å². The van der Waals surface area contributed by atoms with Gasteiger partial charge in [0.05, 0.1) is 37.6 Å². The molecule has 6 unspecified atom stereocenters. The van der Waals surface area contributed by atoms with Crippen LogP contribution in [0.2, 0.25) is 0 Å². The summed E-state index contributed by atoms with van der Waals surface area (Å²) < 4.78 is 19.7. The van der Waals surface area contributed by atoms with Crippen LogP contribution in [0.15, 0.2) is 0 Å². The monoisotopic (exact) mass is 620 g/mol. The number of rotatable bonds is 5. The first-order valence-corrected chi connectivity index (χ1v) is 20.0.